The molecular weight excluding hydrogens is 234 g/mol. The van der Waals surface area contributed by atoms with Crippen LogP contribution < -0.4 is 0 Å². The van der Waals surface area contributed by atoms with Crippen LogP contribution in [0.5, 0.6) is 0 Å². The molecule has 0 aromatic carbocycles. The molecule has 0 aliphatic heterocycles. The molecule has 0 aliphatic rings. The van der Waals surface area contributed by atoms with Crippen LogP contribution in [-0.4, -0.2) is 12.4 Å². The van der Waals surface area contributed by atoms with Gasteiger partial charge in [0.1, 0.15) is 0 Å². The Morgan fingerprint density at radius 3 is 0.938 bits per heavy atom. The molecule has 0 rings (SSSR count). The highest BCUT2D eigenvalue weighted by atomic mass is 19.4. The van der Waals surface area contributed by atoms with Gasteiger partial charge in [-0.15, -0.1) is 0 Å². The second-order valence-electron chi connectivity index (χ2n) is 5.21. The molecule has 0 atom stereocenters. The normalized spacial score (nSPS) is 15.8. The highest BCUT2D eigenvalue weighted by molar-refractivity contribution is 5.03. The number of rotatable bonds is 1. The van der Waals surface area contributed by atoms with Gasteiger partial charge >= 0.3 is 12.4 Å². The molecule has 0 heterocycles. The topological polar surface area (TPSA) is 0 Å². The first-order valence-electron chi connectivity index (χ1n) is 4.83. The number of hydrogen-bond donors (Lipinski definition) is 0. The zero-order chi connectivity index (χ0) is 13.6. The molecule has 0 N–H and O–H groups in total. The van der Waals surface area contributed by atoms with Gasteiger partial charge < -0.3 is 0 Å². The maximum absolute atomic E-state index is 12.9. The maximum Gasteiger partial charge on any atom is 0.403 e. The van der Waals surface area contributed by atoms with E-state index < -0.39 is 29.1 Å². The standard InChI is InChI=1S/C10H16F6/c1-6(2)8(7(3,4)5,9(11,12)13)10(14,15)16/h6H,1-5H3. The lowest BCUT2D eigenvalue weighted by atomic mass is 9.59. The summed E-state index contributed by atoms with van der Waals surface area (Å²) in [5, 5.41) is 0. The van der Waals surface area contributed by atoms with E-state index in [4.69, 9.17) is 0 Å². The number of hydrogen-bond acceptors (Lipinski definition) is 0. The van der Waals surface area contributed by atoms with E-state index in [-0.39, 0.29) is 0 Å². The van der Waals surface area contributed by atoms with Crippen molar-refractivity contribution in [2.75, 3.05) is 0 Å². The fourth-order valence-electron chi connectivity index (χ4n) is 2.53. The van der Waals surface area contributed by atoms with E-state index in [2.05, 4.69) is 0 Å². The van der Waals surface area contributed by atoms with Gasteiger partial charge in [-0.25, -0.2) is 0 Å². The molecule has 0 bridgehead atoms. The highest BCUT2D eigenvalue weighted by Crippen LogP contribution is 2.63. The summed E-state index contributed by atoms with van der Waals surface area (Å²) in [4.78, 5) is 0. The zero-order valence-electron chi connectivity index (χ0n) is 9.85. The molecule has 0 spiro atoms. The average Bonchev–Trinajstić information content (AvgIpc) is 1.71. The Morgan fingerprint density at radius 1 is 0.688 bits per heavy atom. The van der Waals surface area contributed by atoms with Crippen LogP contribution in [0.4, 0.5) is 26.3 Å². The van der Waals surface area contributed by atoms with Crippen LogP contribution in [0.1, 0.15) is 34.6 Å². The van der Waals surface area contributed by atoms with Crippen molar-refractivity contribution >= 4 is 0 Å². The molecule has 0 aromatic heterocycles. The Labute approximate surface area is 91.0 Å². The molecule has 0 saturated carbocycles. The fraction of sp³-hybridized carbons (Fsp3) is 1.00. The van der Waals surface area contributed by atoms with Gasteiger partial charge in [0.15, 0.2) is 5.41 Å². The first-order chi connectivity index (χ1) is 6.69. The molecule has 0 fully saturated rings. The van der Waals surface area contributed by atoms with Crippen molar-refractivity contribution in [3.63, 3.8) is 0 Å². The van der Waals surface area contributed by atoms with Crippen molar-refractivity contribution in [1.29, 1.82) is 0 Å². The predicted octanol–water partition coefficient (Wildman–Crippen LogP) is 4.80. The summed E-state index contributed by atoms with van der Waals surface area (Å²) < 4.78 is 77.4. The highest BCUT2D eigenvalue weighted by Gasteiger charge is 2.76. The van der Waals surface area contributed by atoms with Gasteiger partial charge in [0.05, 0.1) is 0 Å². The lowest BCUT2D eigenvalue weighted by Crippen LogP contribution is -2.61. The third-order valence-corrected chi connectivity index (χ3v) is 2.94. The van der Waals surface area contributed by atoms with E-state index in [1.165, 1.54) is 0 Å². The summed E-state index contributed by atoms with van der Waals surface area (Å²) in [6.07, 6.45) is -10.6. The van der Waals surface area contributed by atoms with Gasteiger partial charge in [-0.2, -0.15) is 26.3 Å². The third-order valence-electron chi connectivity index (χ3n) is 2.94. The molecule has 0 radical (unpaired) electrons. The van der Waals surface area contributed by atoms with E-state index in [9.17, 15) is 26.3 Å². The van der Waals surface area contributed by atoms with Gasteiger partial charge in [0.2, 0.25) is 0 Å². The SMILES string of the molecule is CC(C)C(C(C)(C)C)(C(F)(F)F)C(F)(F)F. The second kappa shape index (κ2) is 3.81. The Hall–Kier alpha value is -0.420. The molecule has 0 aromatic rings. The van der Waals surface area contributed by atoms with Crippen molar-refractivity contribution in [3.05, 3.63) is 0 Å². The van der Waals surface area contributed by atoms with E-state index in [0.717, 1.165) is 34.6 Å². The Balaban J connectivity index is 6.05. The Kier molecular flexibility index (Phi) is 3.71. The zero-order valence-corrected chi connectivity index (χ0v) is 9.85. The minimum atomic E-state index is -5.32. The maximum atomic E-state index is 12.9. The molecule has 16 heavy (non-hydrogen) atoms. The van der Waals surface area contributed by atoms with Crippen LogP contribution >= 0.6 is 0 Å². The molecular formula is C10H16F6. The van der Waals surface area contributed by atoms with Crippen molar-refractivity contribution in [1.82, 2.24) is 0 Å². The lowest BCUT2D eigenvalue weighted by molar-refractivity contribution is -0.386. The van der Waals surface area contributed by atoms with Crippen LogP contribution in [0.15, 0.2) is 0 Å². The molecule has 0 nitrogen and oxygen atoms in total. The summed E-state index contributed by atoms with van der Waals surface area (Å²) >= 11 is 0. The fourth-order valence-corrected chi connectivity index (χ4v) is 2.53. The largest absolute Gasteiger partial charge is 0.403 e. The van der Waals surface area contributed by atoms with Crippen molar-refractivity contribution in [3.8, 4) is 0 Å². The molecule has 6 heteroatoms. The van der Waals surface area contributed by atoms with Gasteiger partial charge in [-0.1, -0.05) is 34.6 Å². The van der Waals surface area contributed by atoms with Gasteiger partial charge in [0, 0.05) is 0 Å². The number of alkyl halides is 6. The average molecular weight is 250 g/mol. The number of halogens is 6. The summed E-state index contributed by atoms with van der Waals surface area (Å²) in [5.41, 5.74) is -5.63. The third kappa shape index (κ3) is 2.02. The molecule has 0 saturated heterocycles. The van der Waals surface area contributed by atoms with Crippen LogP contribution in [0.2, 0.25) is 0 Å². The Morgan fingerprint density at radius 2 is 0.938 bits per heavy atom. The van der Waals surface area contributed by atoms with E-state index >= 15 is 0 Å². The van der Waals surface area contributed by atoms with E-state index in [1.54, 1.807) is 0 Å². The lowest BCUT2D eigenvalue weighted by Gasteiger charge is -2.49. The first kappa shape index (κ1) is 15.6. The summed E-state index contributed by atoms with van der Waals surface area (Å²) in [6.45, 7) is 4.80. The van der Waals surface area contributed by atoms with Gasteiger partial charge in [-0.3, -0.25) is 0 Å². The Bertz CT molecular complexity index is 203. The van der Waals surface area contributed by atoms with Crippen LogP contribution in [0, 0.1) is 16.7 Å². The summed E-state index contributed by atoms with van der Waals surface area (Å²) in [5.74, 6) is -1.58. The molecule has 0 amide bonds. The van der Waals surface area contributed by atoms with Crippen LogP contribution in [0.25, 0.3) is 0 Å². The second-order valence-corrected chi connectivity index (χ2v) is 5.21. The minimum absolute atomic E-state index is 0.951. The minimum Gasteiger partial charge on any atom is -0.170 e. The van der Waals surface area contributed by atoms with E-state index in [1.807, 2.05) is 0 Å². The van der Waals surface area contributed by atoms with Gasteiger partial charge in [0.25, 0.3) is 0 Å². The molecule has 98 valence electrons. The van der Waals surface area contributed by atoms with Gasteiger partial charge in [-0.05, 0) is 11.3 Å². The van der Waals surface area contributed by atoms with Crippen molar-refractivity contribution in [2.45, 2.75) is 47.0 Å². The molecule has 0 aliphatic carbocycles. The summed E-state index contributed by atoms with van der Waals surface area (Å²) in [7, 11) is 0. The van der Waals surface area contributed by atoms with Crippen LogP contribution in [-0.2, 0) is 0 Å². The first-order valence-corrected chi connectivity index (χ1v) is 4.83. The smallest absolute Gasteiger partial charge is 0.170 e. The van der Waals surface area contributed by atoms with Crippen molar-refractivity contribution in [2.24, 2.45) is 16.7 Å². The van der Waals surface area contributed by atoms with E-state index in [0.29, 0.717) is 0 Å². The molecule has 0 unspecified atom stereocenters. The summed E-state index contributed by atoms with van der Waals surface area (Å²) in [6, 6.07) is 0. The quantitative estimate of drug-likeness (QED) is 0.586. The predicted molar refractivity (Wildman–Crippen MR) is 48.8 cm³/mol. The monoisotopic (exact) mass is 250 g/mol. The van der Waals surface area contributed by atoms with Crippen LogP contribution in [0.3, 0.4) is 0 Å². The van der Waals surface area contributed by atoms with Crippen molar-refractivity contribution < 1.29 is 26.3 Å².